The fraction of sp³-hybridized carbons (Fsp3) is 0.536. The van der Waals surface area contributed by atoms with E-state index >= 15 is 0 Å². The van der Waals surface area contributed by atoms with Crippen molar-refractivity contribution in [3.8, 4) is 0 Å². The number of aromatic nitrogens is 2. The van der Waals surface area contributed by atoms with E-state index in [4.69, 9.17) is 14.2 Å². The number of hydrogen-bond acceptors (Lipinski definition) is 8. The number of rotatable bonds is 5. The molecule has 0 aromatic carbocycles. The minimum atomic E-state index is -2.08. The van der Waals surface area contributed by atoms with Crippen LogP contribution in [0.4, 0.5) is 0 Å². The fourth-order valence-electron chi connectivity index (χ4n) is 5.62. The van der Waals surface area contributed by atoms with Crippen molar-refractivity contribution in [3.63, 3.8) is 0 Å². The number of hydrogen-bond donors (Lipinski definition) is 2. The van der Waals surface area contributed by atoms with Gasteiger partial charge in [-0.1, -0.05) is 32.1 Å². The normalized spacial score (nSPS) is 37.1. The van der Waals surface area contributed by atoms with Gasteiger partial charge in [0.05, 0.1) is 30.3 Å². The highest BCUT2D eigenvalue weighted by Crippen LogP contribution is 2.49. The molecule has 2 N–H and O–H groups in total. The van der Waals surface area contributed by atoms with Gasteiger partial charge >= 0.3 is 11.9 Å². The van der Waals surface area contributed by atoms with Gasteiger partial charge < -0.3 is 29.0 Å². The zero-order chi connectivity index (χ0) is 27.2. The summed E-state index contributed by atoms with van der Waals surface area (Å²) >= 11 is 0. The van der Waals surface area contributed by atoms with Crippen LogP contribution in [0, 0.1) is 23.7 Å². The van der Waals surface area contributed by atoms with E-state index in [1.165, 1.54) is 19.3 Å². The Morgan fingerprint density at radius 3 is 2.59 bits per heavy atom. The molecule has 1 aromatic heterocycles. The Bertz CT molecular complexity index is 1180. The zero-order valence-electron chi connectivity index (χ0n) is 22.1. The summed E-state index contributed by atoms with van der Waals surface area (Å²) in [7, 11) is 3.07. The van der Waals surface area contributed by atoms with Crippen molar-refractivity contribution in [2.75, 3.05) is 7.11 Å². The molecule has 3 aliphatic rings. The lowest BCUT2D eigenvalue weighted by molar-refractivity contribution is -0.218. The van der Waals surface area contributed by atoms with Crippen LogP contribution in [0.3, 0.4) is 0 Å². The maximum Gasteiger partial charge on any atom is 0.339 e. The maximum atomic E-state index is 12.9. The molecule has 7 atom stereocenters. The first-order chi connectivity index (χ1) is 17.3. The van der Waals surface area contributed by atoms with Crippen molar-refractivity contribution in [2.45, 2.75) is 57.2 Å². The highest BCUT2D eigenvalue weighted by atomic mass is 16.7. The summed E-state index contributed by atoms with van der Waals surface area (Å²) in [5, 5.41) is 23.0. The minimum absolute atomic E-state index is 0.0534. The SMILES string of the molecule is COC(=O)C1=CC2C(C(C)C)C=CC(C)(O)C2CC(OC(=O)C=Cc2cn(C)cn2)C2(C)C=CC1(O)O2. The van der Waals surface area contributed by atoms with Gasteiger partial charge in [0.1, 0.15) is 11.7 Å². The Morgan fingerprint density at radius 1 is 1.24 bits per heavy atom. The van der Waals surface area contributed by atoms with Gasteiger partial charge in [-0.25, -0.2) is 14.6 Å². The summed E-state index contributed by atoms with van der Waals surface area (Å²) < 4.78 is 18.8. The van der Waals surface area contributed by atoms with Crippen molar-refractivity contribution in [1.82, 2.24) is 9.55 Å². The zero-order valence-corrected chi connectivity index (χ0v) is 22.1. The lowest BCUT2D eigenvalue weighted by Gasteiger charge is -2.45. The van der Waals surface area contributed by atoms with Crippen molar-refractivity contribution in [2.24, 2.45) is 30.7 Å². The summed E-state index contributed by atoms with van der Waals surface area (Å²) in [6.45, 7) is 7.50. The van der Waals surface area contributed by atoms with Crippen molar-refractivity contribution < 1.29 is 34.0 Å². The molecule has 0 radical (unpaired) electrons. The van der Waals surface area contributed by atoms with Crippen molar-refractivity contribution in [1.29, 1.82) is 0 Å². The van der Waals surface area contributed by atoms with Crippen molar-refractivity contribution >= 4 is 18.0 Å². The Kier molecular flexibility index (Phi) is 7.09. The highest BCUT2D eigenvalue weighted by molar-refractivity contribution is 5.91. The van der Waals surface area contributed by atoms with Gasteiger partial charge in [-0.3, -0.25) is 0 Å². The Hall–Kier alpha value is -3.01. The number of esters is 2. The second-order valence-corrected chi connectivity index (χ2v) is 10.9. The number of methoxy groups -OCH3 is 1. The van der Waals surface area contributed by atoms with Gasteiger partial charge in [-0.15, -0.1) is 0 Å². The molecule has 0 fully saturated rings. The van der Waals surface area contributed by atoms with Crippen molar-refractivity contribution in [3.05, 3.63) is 60.2 Å². The molecular weight excluding hydrogens is 476 g/mol. The molecule has 0 saturated carbocycles. The molecular formula is C28H36N2O7. The number of carbonyl (C=O) groups is 2. The quantitative estimate of drug-likeness (QED) is 0.351. The van der Waals surface area contributed by atoms with Crippen LogP contribution in [0.2, 0.25) is 0 Å². The molecule has 1 aliphatic carbocycles. The summed E-state index contributed by atoms with van der Waals surface area (Å²) in [6.07, 6.45) is 13.9. The van der Waals surface area contributed by atoms with Crippen LogP contribution >= 0.6 is 0 Å². The van der Waals surface area contributed by atoms with E-state index in [0.717, 1.165) is 0 Å². The predicted molar refractivity (Wildman–Crippen MR) is 135 cm³/mol. The lowest BCUT2D eigenvalue weighted by Crippen LogP contribution is -2.50. The van der Waals surface area contributed by atoms with Crippen LogP contribution in [-0.4, -0.2) is 61.9 Å². The number of ether oxygens (including phenoxy) is 3. The standard InChI is InChI=1S/C28H36N2O7/c1-17(2)19-9-10-26(3,33)21-14-23(36-24(31)8-7-18-15-30(5)16-29-18)27(4)11-12-28(34,37-27)22(13-20(19)21)25(32)35-6/h7-13,15-17,19-21,23,33-34H,14H2,1-6H3. The van der Waals surface area contributed by atoms with Crippen LogP contribution < -0.4 is 0 Å². The summed E-state index contributed by atoms with van der Waals surface area (Å²) in [4.78, 5) is 30.0. The average molecular weight is 513 g/mol. The predicted octanol–water partition coefficient (Wildman–Crippen LogP) is 2.71. The van der Waals surface area contributed by atoms with Crippen LogP contribution in [0.5, 0.6) is 0 Å². The smallest absolute Gasteiger partial charge is 0.339 e. The molecule has 7 unspecified atom stereocenters. The van der Waals surface area contributed by atoms with Crippen LogP contribution in [0.1, 0.15) is 39.8 Å². The second kappa shape index (κ2) is 9.70. The third kappa shape index (κ3) is 5.21. The molecule has 9 nitrogen and oxygen atoms in total. The molecule has 3 heterocycles. The van der Waals surface area contributed by atoms with E-state index < -0.39 is 40.9 Å². The third-order valence-corrected chi connectivity index (χ3v) is 7.73. The molecule has 2 bridgehead atoms. The first kappa shape index (κ1) is 27.0. The molecule has 1 aromatic rings. The van der Waals surface area contributed by atoms with Gasteiger partial charge in [0.2, 0.25) is 5.79 Å². The van der Waals surface area contributed by atoms with Gasteiger partial charge in [0.15, 0.2) is 0 Å². The Balaban J connectivity index is 1.77. The molecule has 0 spiro atoms. The Morgan fingerprint density at radius 2 is 1.97 bits per heavy atom. The molecule has 37 heavy (non-hydrogen) atoms. The van der Waals surface area contributed by atoms with Crippen LogP contribution in [-0.2, 0) is 30.8 Å². The number of fused-ring (bicyclic) bond motifs is 3. The second-order valence-electron chi connectivity index (χ2n) is 10.9. The molecule has 200 valence electrons. The van der Waals surface area contributed by atoms with E-state index in [-0.39, 0.29) is 29.7 Å². The molecule has 0 saturated heterocycles. The van der Waals surface area contributed by atoms with Crippen LogP contribution in [0.25, 0.3) is 6.08 Å². The average Bonchev–Trinajstić information content (AvgIpc) is 3.39. The van der Waals surface area contributed by atoms with E-state index in [2.05, 4.69) is 18.8 Å². The summed E-state index contributed by atoms with van der Waals surface area (Å²) in [5.41, 5.74) is -2.02. The van der Waals surface area contributed by atoms with Gasteiger partial charge in [0, 0.05) is 25.2 Å². The topological polar surface area (TPSA) is 120 Å². The number of aryl methyl sites for hydroxylation is 1. The number of carbonyl (C=O) groups excluding carboxylic acids is 2. The number of nitrogens with zero attached hydrogens (tertiary/aromatic N) is 2. The lowest BCUT2D eigenvalue weighted by atomic mass is 9.62. The first-order valence-electron chi connectivity index (χ1n) is 12.5. The highest BCUT2D eigenvalue weighted by Gasteiger charge is 2.55. The summed E-state index contributed by atoms with van der Waals surface area (Å²) in [5.74, 6) is -4.16. The van der Waals surface area contributed by atoms with E-state index in [0.29, 0.717) is 5.69 Å². The summed E-state index contributed by atoms with van der Waals surface area (Å²) in [6, 6.07) is 0. The molecule has 0 amide bonds. The number of aliphatic hydroxyl groups is 2. The number of imidazole rings is 1. The third-order valence-electron chi connectivity index (χ3n) is 7.73. The fourth-order valence-corrected chi connectivity index (χ4v) is 5.62. The first-order valence-corrected chi connectivity index (χ1v) is 12.5. The van der Waals surface area contributed by atoms with E-state index in [1.54, 1.807) is 55.2 Å². The Labute approximate surface area is 217 Å². The van der Waals surface area contributed by atoms with Gasteiger partial charge in [-0.05, 0) is 56.3 Å². The molecule has 9 heteroatoms. The van der Waals surface area contributed by atoms with Gasteiger partial charge in [-0.2, -0.15) is 0 Å². The van der Waals surface area contributed by atoms with Gasteiger partial charge in [0.25, 0.3) is 0 Å². The molecule has 2 aliphatic heterocycles. The minimum Gasteiger partial charge on any atom is -0.466 e. The largest absolute Gasteiger partial charge is 0.466 e. The van der Waals surface area contributed by atoms with E-state index in [1.807, 2.05) is 13.1 Å². The van der Waals surface area contributed by atoms with Crippen LogP contribution in [0.15, 0.2) is 54.6 Å². The number of allylic oxidation sites excluding steroid dienone is 2. The maximum absolute atomic E-state index is 12.9. The monoisotopic (exact) mass is 512 g/mol. The molecule has 4 rings (SSSR count). The van der Waals surface area contributed by atoms with E-state index in [9.17, 15) is 19.8 Å².